The summed E-state index contributed by atoms with van der Waals surface area (Å²) in [6.45, 7) is 0.514. The number of nitrogens with zero attached hydrogens (tertiary/aromatic N) is 3. The van der Waals surface area contributed by atoms with Crippen LogP contribution in [0.2, 0.25) is 0 Å². The minimum atomic E-state index is -0.142. The van der Waals surface area contributed by atoms with Crippen LogP contribution in [0.3, 0.4) is 0 Å². The molecule has 138 valence electrons. The first-order valence-electron chi connectivity index (χ1n) is 9.20. The van der Waals surface area contributed by atoms with Crippen molar-refractivity contribution in [3.63, 3.8) is 0 Å². The van der Waals surface area contributed by atoms with Gasteiger partial charge in [0.1, 0.15) is 5.69 Å². The number of nitrogens with one attached hydrogen (secondary N) is 1. The molecular formula is C23H20N4O. The van der Waals surface area contributed by atoms with Crippen LogP contribution in [0.25, 0.3) is 16.9 Å². The zero-order valence-corrected chi connectivity index (χ0v) is 15.3. The van der Waals surface area contributed by atoms with Crippen molar-refractivity contribution < 1.29 is 4.79 Å². The van der Waals surface area contributed by atoms with E-state index in [0.29, 0.717) is 24.2 Å². The molecule has 0 unspecified atom stereocenters. The summed E-state index contributed by atoms with van der Waals surface area (Å²) in [5, 5.41) is 7.67. The minimum Gasteiger partial charge on any atom is -0.352 e. The molecule has 2 aromatic carbocycles. The van der Waals surface area contributed by atoms with Crippen molar-refractivity contribution in [1.82, 2.24) is 20.1 Å². The Bertz CT molecular complexity index is 1040. The molecule has 5 nitrogen and oxygen atoms in total. The molecule has 0 atom stereocenters. The van der Waals surface area contributed by atoms with Gasteiger partial charge in [-0.25, -0.2) is 4.68 Å². The molecule has 4 aromatic rings. The third-order valence-electron chi connectivity index (χ3n) is 4.42. The predicted molar refractivity (Wildman–Crippen MR) is 109 cm³/mol. The standard InChI is InChI=1S/C23H20N4O/c28-23(25-16-14-19-11-7-8-15-24-19)21-17-27(20-12-5-2-6-13-20)26-22(21)18-9-3-1-4-10-18/h1-13,15,17H,14,16H2,(H,25,28). The summed E-state index contributed by atoms with van der Waals surface area (Å²) in [6.07, 6.45) is 4.22. The largest absolute Gasteiger partial charge is 0.352 e. The van der Waals surface area contributed by atoms with Crippen molar-refractivity contribution >= 4 is 5.91 Å². The fraction of sp³-hybridized carbons (Fsp3) is 0.0870. The maximum absolute atomic E-state index is 12.9. The molecule has 0 aliphatic heterocycles. The number of benzene rings is 2. The van der Waals surface area contributed by atoms with E-state index >= 15 is 0 Å². The molecular weight excluding hydrogens is 348 g/mol. The van der Waals surface area contributed by atoms with Crippen LogP contribution in [0.15, 0.2) is 91.3 Å². The molecule has 0 spiro atoms. The summed E-state index contributed by atoms with van der Waals surface area (Å²) in [7, 11) is 0. The third kappa shape index (κ3) is 3.99. The first-order valence-corrected chi connectivity index (χ1v) is 9.20. The van der Waals surface area contributed by atoms with E-state index in [2.05, 4.69) is 15.4 Å². The number of carbonyl (C=O) groups excluding carboxylic acids is 1. The molecule has 1 N–H and O–H groups in total. The highest BCUT2D eigenvalue weighted by Crippen LogP contribution is 2.23. The lowest BCUT2D eigenvalue weighted by atomic mass is 10.1. The van der Waals surface area contributed by atoms with Crippen LogP contribution in [0.5, 0.6) is 0 Å². The zero-order valence-electron chi connectivity index (χ0n) is 15.3. The van der Waals surface area contributed by atoms with Crippen LogP contribution in [0, 0.1) is 0 Å². The molecule has 5 heteroatoms. The van der Waals surface area contributed by atoms with Crippen LogP contribution in [0.4, 0.5) is 0 Å². The van der Waals surface area contributed by atoms with Gasteiger partial charge in [-0.2, -0.15) is 5.10 Å². The van der Waals surface area contributed by atoms with Crippen molar-refractivity contribution in [2.24, 2.45) is 0 Å². The van der Waals surface area contributed by atoms with E-state index in [1.54, 1.807) is 17.1 Å². The first kappa shape index (κ1) is 17.7. The van der Waals surface area contributed by atoms with Gasteiger partial charge in [-0.1, -0.05) is 54.6 Å². The lowest BCUT2D eigenvalue weighted by Crippen LogP contribution is -2.26. The highest BCUT2D eigenvalue weighted by atomic mass is 16.1. The van der Waals surface area contributed by atoms with E-state index in [1.807, 2.05) is 78.9 Å². The number of hydrogen-bond acceptors (Lipinski definition) is 3. The Hall–Kier alpha value is -3.73. The van der Waals surface area contributed by atoms with E-state index in [0.717, 1.165) is 16.9 Å². The molecule has 0 aliphatic rings. The Morgan fingerprint density at radius 1 is 0.893 bits per heavy atom. The van der Waals surface area contributed by atoms with Gasteiger partial charge in [0, 0.05) is 36.6 Å². The molecule has 28 heavy (non-hydrogen) atoms. The fourth-order valence-corrected chi connectivity index (χ4v) is 3.01. The van der Waals surface area contributed by atoms with Crippen molar-refractivity contribution in [3.05, 3.63) is 103 Å². The van der Waals surface area contributed by atoms with E-state index < -0.39 is 0 Å². The number of rotatable bonds is 6. The van der Waals surface area contributed by atoms with Gasteiger partial charge < -0.3 is 5.32 Å². The monoisotopic (exact) mass is 368 g/mol. The summed E-state index contributed by atoms with van der Waals surface area (Å²) >= 11 is 0. The number of pyridine rings is 1. The summed E-state index contributed by atoms with van der Waals surface area (Å²) in [5.74, 6) is -0.142. The van der Waals surface area contributed by atoms with Gasteiger partial charge in [-0.15, -0.1) is 0 Å². The fourth-order valence-electron chi connectivity index (χ4n) is 3.01. The van der Waals surface area contributed by atoms with E-state index in [4.69, 9.17) is 0 Å². The SMILES string of the molecule is O=C(NCCc1ccccn1)c1cn(-c2ccccc2)nc1-c1ccccc1. The van der Waals surface area contributed by atoms with Gasteiger partial charge >= 0.3 is 0 Å². The predicted octanol–water partition coefficient (Wildman–Crippen LogP) is 3.91. The average molecular weight is 368 g/mol. The number of hydrogen-bond donors (Lipinski definition) is 1. The normalized spacial score (nSPS) is 10.6. The van der Waals surface area contributed by atoms with Gasteiger partial charge in [-0.05, 0) is 24.3 Å². The highest BCUT2D eigenvalue weighted by Gasteiger charge is 2.18. The topological polar surface area (TPSA) is 59.8 Å². The lowest BCUT2D eigenvalue weighted by Gasteiger charge is -2.05. The third-order valence-corrected chi connectivity index (χ3v) is 4.42. The van der Waals surface area contributed by atoms with E-state index in [9.17, 15) is 4.79 Å². The second-order valence-electron chi connectivity index (χ2n) is 6.36. The molecule has 0 radical (unpaired) electrons. The Kier molecular flexibility index (Phi) is 5.24. The summed E-state index contributed by atoms with van der Waals surface area (Å²) < 4.78 is 1.75. The van der Waals surface area contributed by atoms with Gasteiger partial charge in [0.25, 0.3) is 5.91 Å². The lowest BCUT2D eigenvalue weighted by molar-refractivity contribution is 0.0954. The Morgan fingerprint density at radius 2 is 1.61 bits per heavy atom. The molecule has 2 aromatic heterocycles. The molecule has 1 amide bonds. The number of carbonyl (C=O) groups is 1. The number of para-hydroxylation sites is 1. The molecule has 0 bridgehead atoms. The van der Waals surface area contributed by atoms with Crippen LogP contribution >= 0.6 is 0 Å². The molecule has 0 fully saturated rings. The summed E-state index contributed by atoms with van der Waals surface area (Å²) in [6, 6.07) is 25.3. The first-order chi connectivity index (χ1) is 13.8. The van der Waals surface area contributed by atoms with E-state index in [-0.39, 0.29) is 5.91 Å². The second-order valence-corrected chi connectivity index (χ2v) is 6.36. The average Bonchev–Trinajstić information content (AvgIpc) is 3.21. The molecule has 2 heterocycles. The van der Waals surface area contributed by atoms with Crippen molar-refractivity contribution in [2.45, 2.75) is 6.42 Å². The Balaban J connectivity index is 1.59. The van der Waals surface area contributed by atoms with Crippen molar-refractivity contribution in [2.75, 3.05) is 6.54 Å². The van der Waals surface area contributed by atoms with Crippen LogP contribution < -0.4 is 5.32 Å². The summed E-state index contributed by atoms with van der Waals surface area (Å²) in [4.78, 5) is 17.2. The zero-order chi connectivity index (χ0) is 19.2. The van der Waals surface area contributed by atoms with Crippen LogP contribution in [-0.2, 0) is 6.42 Å². The van der Waals surface area contributed by atoms with Gasteiger partial charge in [-0.3, -0.25) is 9.78 Å². The number of amides is 1. The molecule has 0 saturated carbocycles. The maximum Gasteiger partial charge on any atom is 0.255 e. The van der Waals surface area contributed by atoms with Crippen LogP contribution in [0.1, 0.15) is 16.1 Å². The van der Waals surface area contributed by atoms with Gasteiger partial charge in [0.05, 0.1) is 11.3 Å². The highest BCUT2D eigenvalue weighted by molar-refractivity contribution is 5.99. The van der Waals surface area contributed by atoms with Crippen molar-refractivity contribution in [1.29, 1.82) is 0 Å². The Labute approximate surface area is 163 Å². The van der Waals surface area contributed by atoms with Gasteiger partial charge in [0.2, 0.25) is 0 Å². The van der Waals surface area contributed by atoms with E-state index in [1.165, 1.54) is 0 Å². The van der Waals surface area contributed by atoms with Crippen LogP contribution in [-0.4, -0.2) is 27.2 Å². The number of aromatic nitrogens is 3. The molecule has 4 rings (SSSR count). The summed E-state index contributed by atoms with van der Waals surface area (Å²) in [5.41, 5.74) is 3.99. The maximum atomic E-state index is 12.9. The quantitative estimate of drug-likeness (QED) is 0.561. The second kappa shape index (κ2) is 8.31. The molecule has 0 aliphatic carbocycles. The van der Waals surface area contributed by atoms with Gasteiger partial charge in [0.15, 0.2) is 0 Å². The Morgan fingerprint density at radius 3 is 2.32 bits per heavy atom. The van der Waals surface area contributed by atoms with Crippen molar-refractivity contribution in [3.8, 4) is 16.9 Å². The minimum absolute atomic E-state index is 0.142. The smallest absolute Gasteiger partial charge is 0.255 e. The molecule has 0 saturated heterocycles.